The molecule has 12 atom stereocenters. The third-order valence-corrected chi connectivity index (χ3v) is 14.1. The van der Waals surface area contributed by atoms with E-state index < -0.39 is 121 Å². The van der Waals surface area contributed by atoms with Crippen molar-refractivity contribution >= 4 is 29.8 Å². The molecular formula is C55H63N3O16. The molecule has 5 aliphatic rings. The molecule has 4 aromatic carbocycles. The van der Waals surface area contributed by atoms with Gasteiger partial charge >= 0.3 is 11.9 Å². The minimum atomic E-state index is -1.60. The molecule has 4 aromatic rings. The molecule has 74 heavy (non-hydrogen) atoms. The molecule has 4 saturated heterocycles. The fourth-order valence-electron chi connectivity index (χ4n) is 10.6. The number of aliphatic hydroxyl groups is 5. The lowest BCUT2D eigenvalue weighted by Gasteiger charge is -2.48. The van der Waals surface area contributed by atoms with E-state index >= 15 is 4.79 Å². The van der Waals surface area contributed by atoms with E-state index in [-0.39, 0.29) is 44.5 Å². The van der Waals surface area contributed by atoms with E-state index in [9.17, 15) is 39.9 Å². The van der Waals surface area contributed by atoms with Gasteiger partial charge in [-0.1, -0.05) is 109 Å². The van der Waals surface area contributed by atoms with Gasteiger partial charge in [-0.15, -0.1) is 0 Å². The zero-order chi connectivity index (χ0) is 52.4. The highest BCUT2D eigenvalue weighted by Gasteiger charge is 2.76. The largest absolute Gasteiger partial charge is 0.460 e. The lowest BCUT2D eigenvalue weighted by Crippen LogP contribution is -2.69. The maximum Gasteiger partial charge on any atom is 0.327 e. The molecule has 1 saturated carbocycles. The topological polar surface area (TPSA) is 261 Å². The molecule has 5 fully saturated rings. The van der Waals surface area contributed by atoms with Crippen LogP contribution in [0, 0.1) is 5.41 Å². The molecular weight excluding hydrogens is 959 g/mol. The van der Waals surface area contributed by atoms with Crippen LogP contribution in [0.15, 0.2) is 115 Å². The normalized spacial score (nSPS) is 29.5. The number of aliphatic hydroxyl groups excluding tert-OH is 5. The first-order chi connectivity index (χ1) is 35.5. The van der Waals surface area contributed by atoms with Gasteiger partial charge in [0, 0.05) is 36.1 Å². The molecule has 19 nitrogen and oxygen atoms in total. The van der Waals surface area contributed by atoms with Crippen molar-refractivity contribution in [1.82, 2.24) is 15.7 Å². The molecule has 0 radical (unpaired) electrons. The van der Waals surface area contributed by atoms with E-state index in [1.165, 1.54) is 5.06 Å². The smallest absolute Gasteiger partial charge is 0.327 e. The summed E-state index contributed by atoms with van der Waals surface area (Å²) in [5.41, 5.74) is 1.29. The number of esters is 2. The third kappa shape index (κ3) is 10.6. The molecule has 394 valence electrons. The maximum absolute atomic E-state index is 15.3. The number of fused-ring (bicyclic) bond motifs is 4. The lowest BCUT2D eigenvalue weighted by atomic mass is 9.62. The maximum atomic E-state index is 15.3. The summed E-state index contributed by atoms with van der Waals surface area (Å²) in [4.78, 5) is 62.7. The summed E-state index contributed by atoms with van der Waals surface area (Å²) in [5.74, 6) is -3.62. The average Bonchev–Trinajstić information content (AvgIpc) is 3.99. The van der Waals surface area contributed by atoms with Crippen LogP contribution in [0.1, 0.15) is 78.2 Å². The number of nitrogens with zero attached hydrogens (tertiary/aromatic N) is 1. The highest BCUT2D eigenvalue weighted by atomic mass is 16.8. The number of carbonyl (C=O) groups excluding carboxylic acids is 4. The highest BCUT2D eigenvalue weighted by Crippen LogP contribution is 2.59. The molecule has 19 heteroatoms. The third-order valence-electron chi connectivity index (χ3n) is 14.1. The second-order valence-corrected chi connectivity index (χ2v) is 20.2. The Morgan fingerprint density at radius 3 is 2.24 bits per heavy atom. The molecule has 7 N–H and O–H groups in total. The van der Waals surface area contributed by atoms with Crippen molar-refractivity contribution in [3.63, 3.8) is 0 Å². The van der Waals surface area contributed by atoms with Gasteiger partial charge in [0.05, 0.1) is 32.4 Å². The Morgan fingerprint density at radius 1 is 0.865 bits per heavy atom. The summed E-state index contributed by atoms with van der Waals surface area (Å²) in [7, 11) is 0. The Labute approximate surface area is 427 Å². The number of hydroxylamine groups is 2. The van der Waals surface area contributed by atoms with E-state index in [0.717, 1.165) is 0 Å². The number of amides is 2. The monoisotopic (exact) mass is 1020 g/mol. The van der Waals surface area contributed by atoms with Crippen LogP contribution in [0.4, 0.5) is 0 Å². The molecule has 0 unspecified atom stereocenters. The Morgan fingerprint density at radius 2 is 1.55 bits per heavy atom. The van der Waals surface area contributed by atoms with Crippen molar-refractivity contribution in [2.45, 2.75) is 132 Å². The van der Waals surface area contributed by atoms with Crippen LogP contribution in [-0.4, -0.2) is 147 Å². The molecule has 1 aliphatic carbocycles. The van der Waals surface area contributed by atoms with Crippen LogP contribution in [0.3, 0.4) is 0 Å². The van der Waals surface area contributed by atoms with Gasteiger partial charge in [-0.2, -0.15) is 5.06 Å². The molecule has 0 aromatic heterocycles. The van der Waals surface area contributed by atoms with Crippen LogP contribution < -0.4 is 10.6 Å². The summed E-state index contributed by atoms with van der Waals surface area (Å²) in [6, 6.07) is 30.7. The first-order valence-electron chi connectivity index (χ1n) is 24.8. The van der Waals surface area contributed by atoms with E-state index in [0.29, 0.717) is 27.8 Å². The standard InChI is InChI=1S/C55H63N3O16/c1-53(2,3)71-41(61)24-23-38(30-59)57-49(65)34-17-12-14-32(26-34)28-56-52(67)54-27-39-45-46(73-55(72-45,36-19-6-4-7-20-36)37-21-8-5-9-22-37)48(54)74-58(47(54)50(66)69-39)29-35-16-11-10-15-33(35)18-13-25-68-51-44(64)43(63)42(62)40(31-60)70-51/h4-22,26,38-40,42-48,51,59-60,62-64H,23-25,27-31H2,1-3H3,(H,56,67)(H,57,65)/t38-,39+,40+,42-,43-,44+,45-,46-,47-,48+,51-,54-/m0/s1. The Kier molecular flexibility index (Phi) is 15.8. The first-order valence-corrected chi connectivity index (χ1v) is 24.8. The summed E-state index contributed by atoms with van der Waals surface area (Å²) in [5, 5.41) is 57.9. The van der Waals surface area contributed by atoms with Gasteiger partial charge in [-0.05, 0) is 56.0 Å². The predicted octanol–water partition coefficient (Wildman–Crippen LogP) is 2.53. The van der Waals surface area contributed by atoms with Crippen molar-refractivity contribution in [1.29, 1.82) is 0 Å². The Hall–Kier alpha value is -5.94. The summed E-state index contributed by atoms with van der Waals surface area (Å²) in [6.07, 6.45) is -7.44. The van der Waals surface area contributed by atoms with Gasteiger partial charge in [0.1, 0.15) is 59.8 Å². The van der Waals surface area contributed by atoms with Crippen molar-refractivity contribution < 1.29 is 78.0 Å². The fourth-order valence-corrected chi connectivity index (χ4v) is 10.6. The minimum Gasteiger partial charge on any atom is -0.460 e. The zero-order valence-electron chi connectivity index (χ0n) is 41.2. The number of rotatable bonds is 18. The van der Waals surface area contributed by atoms with Crippen LogP contribution in [0.25, 0.3) is 6.08 Å². The summed E-state index contributed by atoms with van der Waals surface area (Å²) in [6.45, 7) is 4.11. The molecule has 2 bridgehead atoms. The number of hydrogen-bond donors (Lipinski definition) is 7. The SMILES string of the molecule is CC(C)(C)OC(=O)CC[C@@H](CO)NC(=O)c1cccc(CNC(=O)[C@@]23C[C@H]4OC(=O)[C@@H]2N(Cc2ccccc2C=CCO[C@H]2O[C@H](CO)[C@H](O)[C@H](O)[C@H]2O)O[C@@H]3[C@H]2OC(c3ccccc3)(c3ccccc3)O[C@H]24)c1. The second-order valence-electron chi connectivity index (χ2n) is 20.2. The van der Waals surface area contributed by atoms with Crippen LogP contribution >= 0.6 is 0 Å². The zero-order valence-corrected chi connectivity index (χ0v) is 41.2. The van der Waals surface area contributed by atoms with Gasteiger partial charge in [-0.25, -0.2) is 0 Å². The van der Waals surface area contributed by atoms with Gasteiger partial charge in [0.25, 0.3) is 5.91 Å². The second kappa shape index (κ2) is 22.1. The van der Waals surface area contributed by atoms with Crippen molar-refractivity contribution in [3.8, 4) is 0 Å². The van der Waals surface area contributed by atoms with E-state index in [2.05, 4.69) is 10.6 Å². The fraction of sp³-hybridized carbons (Fsp3) is 0.455. The first kappa shape index (κ1) is 52.9. The van der Waals surface area contributed by atoms with Crippen LogP contribution in [-0.2, 0) is 66.5 Å². The molecule has 4 aliphatic heterocycles. The number of ether oxygens (including phenoxy) is 6. The van der Waals surface area contributed by atoms with Crippen molar-refractivity contribution in [2.24, 2.45) is 5.41 Å². The van der Waals surface area contributed by atoms with Gasteiger partial charge < -0.3 is 64.6 Å². The predicted molar refractivity (Wildman–Crippen MR) is 261 cm³/mol. The van der Waals surface area contributed by atoms with Crippen molar-refractivity contribution in [2.75, 3.05) is 19.8 Å². The molecule has 9 rings (SSSR count). The van der Waals surface area contributed by atoms with Crippen LogP contribution in [0.5, 0.6) is 0 Å². The minimum absolute atomic E-state index is 0.00539. The van der Waals surface area contributed by atoms with Crippen molar-refractivity contribution in [3.05, 3.63) is 149 Å². The van der Waals surface area contributed by atoms with Gasteiger partial charge in [0.2, 0.25) is 11.7 Å². The molecule has 0 spiro atoms. The Balaban J connectivity index is 0.979. The average molecular weight is 1020 g/mol. The number of carbonyl (C=O) groups is 4. The quantitative estimate of drug-likeness (QED) is 0.0707. The Bertz CT molecular complexity index is 2630. The summed E-state index contributed by atoms with van der Waals surface area (Å²) < 4.78 is 36.9. The van der Waals surface area contributed by atoms with E-state index in [1.54, 1.807) is 57.2 Å². The highest BCUT2D eigenvalue weighted by molar-refractivity contribution is 5.95. The van der Waals surface area contributed by atoms with Gasteiger partial charge in [-0.3, -0.25) is 24.0 Å². The molecule has 4 heterocycles. The number of hydrogen-bond acceptors (Lipinski definition) is 17. The van der Waals surface area contributed by atoms with Gasteiger partial charge in [0.15, 0.2) is 12.3 Å². The van der Waals surface area contributed by atoms with E-state index in [1.807, 2.05) is 84.9 Å². The number of nitrogens with one attached hydrogen (secondary N) is 2. The molecule has 2 amide bonds. The van der Waals surface area contributed by atoms with Crippen LogP contribution in [0.2, 0.25) is 0 Å². The van der Waals surface area contributed by atoms with E-state index in [4.69, 9.17) is 33.3 Å². The lowest BCUT2D eigenvalue weighted by molar-refractivity contribution is -0.298. The summed E-state index contributed by atoms with van der Waals surface area (Å²) >= 11 is 0. The number of benzene rings is 4.